The Labute approximate surface area is 142 Å². The first-order valence-corrected chi connectivity index (χ1v) is 9.06. The number of para-hydroxylation sites is 2. The minimum atomic E-state index is -0.333. The third-order valence-electron chi connectivity index (χ3n) is 5.15. The summed E-state index contributed by atoms with van der Waals surface area (Å²) in [4.78, 5) is 22.7. The molecule has 4 rings (SSSR count). The summed E-state index contributed by atoms with van der Waals surface area (Å²) < 4.78 is 5.76. The highest BCUT2D eigenvalue weighted by atomic mass is 16.5. The average Bonchev–Trinajstić information content (AvgIpc) is 3.35. The van der Waals surface area contributed by atoms with E-state index in [9.17, 15) is 4.79 Å². The van der Waals surface area contributed by atoms with Crippen molar-refractivity contribution in [1.82, 2.24) is 14.9 Å². The van der Waals surface area contributed by atoms with Gasteiger partial charge in [0, 0.05) is 19.0 Å². The Hall–Kier alpha value is -1.88. The van der Waals surface area contributed by atoms with E-state index in [0.29, 0.717) is 5.92 Å². The Kier molecular flexibility index (Phi) is 4.27. The number of nitrogens with zero attached hydrogens (tertiary/aromatic N) is 2. The third-order valence-corrected chi connectivity index (χ3v) is 5.15. The van der Waals surface area contributed by atoms with E-state index in [1.165, 1.54) is 12.8 Å². The lowest BCUT2D eigenvalue weighted by Crippen LogP contribution is -2.44. The fraction of sp³-hybridized carbons (Fsp3) is 0.579. The molecule has 1 aromatic carbocycles. The lowest BCUT2D eigenvalue weighted by Gasteiger charge is -2.33. The van der Waals surface area contributed by atoms with Crippen LogP contribution in [0.15, 0.2) is 24.3 Å². The number of carbonyl (C=O) groups excluding carboxylic acids is 1. The van der Waals surface area contributed by atoms with Crippen LogP contribution >= 0.6 is 0 Å². The third kappa shape index (κ3) is 3.31. The van der Waals surface area contributed by atoms with E-state index < -0.39 is 0 Å². The SMILES string of the molecule is C[C@@H](OCC1CC1)C(=O)N1CCC[C@@H](c2nc3ccccc3[nH]2)C1. The monoisotopic (exact) mass is 327 g/mol. The highest BCUT2D eigenvalue weighted by Crippen LogP contribution is 2.30. The Morgan fingerprint density at radius 3 is 3.00 bits per heavy atom. The summed E-state index contributed by atoms with van der Waals surface area (Å²) in [5.41, 5.74) is 2.06. The molecule has 1 N–H and O–H groups in total. The molecule has 1 saturated heterocycles. The van der Waals surface area contributed by atoms with Crippen LogP contribution in [0.5, 0.6) is 0 Å². The molecule has 2 aliphatic rings. The maximum Gasteiger partial charge on any atom is 0.251 e. The molecular weight excluding hydrogens is 302 g/mol. The topological polar surface area (TPSA) is 58.2 Å². The number of benzene rings is 1. The van der Waals surface area contributed by atoms with Gasteiger partial charge in [0.15, 0.2) is 0 Å². The van der Waals surface area contributed by atoms with E-state index in [1.54, 1.807) is 0 Å². The van der Waals surface area contributed by atoms with E-state index >= 15 is 0 Å². The van der Waals surface area contributed by atoms with Crippen molar-refractivity contribution in [3.05, 3.63) is 30.1 Å². The van der Waals surface area contributed by atoms with Crippen molar-refractivity contribution in [3.8, 4) is 0 Å². The quantitative estimate of drug-likeness (QED) is 0.918. The van der Waals surface area contributed by atoms with Crippen molar-refractivity contribution >= 4 is 16.9 Å². The van der Waals surface area contributed by atoms with Crippen molar-refractivity contribution in [1.29, 1.82) is 0 Å². The van der Waals surface area contributed by atoms with Gasteiger partial charge in [0.05, 0.1) is 17.6 Å². The zero-order valence-electron chi connectivity index (χ0n) is 14.2. The van der Waals surface area contributed by atoms with Crippen LogP contribution in [0.1, 0.15) is 44.3 Å². The number of imidazole rings is 1. The number of carbonyl (C=O) groups is 1. The summed E-state index contributed by atoms with van der Waals surface area (Å²) in [5, 5.41) is 0. The Bertz CT molecular complexity index is 689. The lowest BCUT2D eigenvalue weighted by molar-refractivity contribution is -0.144. The molecule has 1 amide bonds. The average molecular weight is 327 g/mol. The zero-order chi connectivity index (χ0) is 16.5. The summed E-state index contributed by atoms with van der Waals surface area (Å²) >= 11 is 0. The second kappa shape index (κ2) is 6.55. The Morgan fingerprint density at radius 2 is 2.21 bits per heavy atom. The van der Waals surface area contributed by atoms with Crippen LogP contribution in [0, 0.1) is 5.92 Å². The number of amides is 1. The standard InChI is InChI=1S/C19H25N3O2/c1-13(24-12-14-8-9-14)19(23)22-10-4-5-15(11-22)18-20-16-6-2-3-7-17(16)21-18/h2-3,6-7,13-15H,4-5,8-12H2,1H3,(H,20,21)/t13-,15-/m1/s1. The molecule has 1 aliphatic heterocycles. The van der Waals surface area contributed by atoms with E-state index in [1.807, 2.05) is 36.1 Å². The van der Waals surface area contributed by atoms with Gasteiger partial charge in [-0.3, -0.25) is 4.79 Å². The summed E-state index contributed by atoms with van der Waals surface area (Å²) in [6.07, 6.45) is 4.25. The van der Waals surface area contributed by atoms with Crippen LogP contribution in [-0.2, 0) is 9.53 Å². The minimum Gasteiger partial charge on any atom is -0.368 e. The van der Waals surface area contributed by atoms with Gasteiger partial charge < -0.3 is 14.6 Å². The van der Waals surface area contributed by atoms with E-state index in [0.717, 1.165) is 49.4 Å². The number of aromatic amines is 1. The number of nitrogens with one attached hydrogen (secondary N) is 1. The number of fused-ring (bicyclic) bond motifs is 1. The Morgan fingerprint density at radius 1 is 1.38 bits per heavy atom. The maximum absolute atomic E-state index is 12.7. The predicted octanol–water partition coefficient (Wildman–Crippen LogP) is 3.08. The molecule has 1 aliphatic carbocycles. The van der Waals surface area contributed by atoms with Gasteiger partial charge in [0.25, 0.3) is 5.91 Å². The van der Waals surface area contributed by atoms with Crippen LogP contribution in [-0.4, -0.2) is 46.6 Å². The summed E-state index contributed by atoms with van der Waals surface area (Å²) in [7, 11) is 0. The number of H-pyrrole nitrogens is 1. The summed E-state index contributed by atoms with van der Waals surface area (Å²) in [6.45, 7) is 4.17. The van der Waals surface area contributed by atoms with Gasteiger partial charge >= 0.3 is 0 Å². The van der Waals surface area contributed by atoms with Crippen molar-refractivity contribution in [2.45, 2.75) is 44.6 Å². The van der Waals surface area contributed by atoms with E-state index in [2.05, 4.69) is 4.98 Å². The molecule has 0 bridgehead atoms. The number of rotatable bonds is 5. The fourth-order valence-corrected chi connectivity index (χ4v) is 3.46. The van der Waals surface area contributed by atoms with Crippen molar-refractivity contribution in [2.75, 3.05) is 19.7 Å². The van der Waals surface area contributed by atoms with Crippen LogP contribution in [0.3, 0.4) is 0 Å². The van der Waals surface area contributed by atoms with Gasteiger partial charge in [0.2, 0.25) is 0 Å². The van der Waals surface area contributed by atoms with Crippen molar-refractivity contribution in [2.24, 2.45) is 5.92 Å². The maximum atomic E-state index is 12.7. The molecule has 0 radical (unpaired) electrons. The van der Waals surface area contributed by atoms with Crippen LogP contribution < -0.4 is 0 Å². The van der Waals surface area contributed by atoms with Crippen LogP contribution in [0.25, 0.3) is 11.0 Å². The molecule has 5 nitrogen and oxygen atoms in total. The number of aromatic nitrogens is 2. The smallest absolute Gasteiger partial charge is 0.251 e. The highest BCUT2D eigenvalue weighted by molar-refractivity contribution is 5.80. The van der Waals surface area contributed by atoms with Crippen LogP contribution in [0.4, 0.5) is 0 Å². The molecule has 2 aromatic rings. The Balaban J connectivity index is 1.41. The van der Waals surface area contributed by atoms with Gasteiger partial charge in [-0.25, -0.2) is 4.98 Å². The minimum absolute atomic E-state index is 0.122. The van der Waals surface area contributed by atoms with Gasteiger partial charge in [0.1, 0.15) is 11.9 Å². The molecule has 24 heavy (non-hydrogen) atoms. The molecule has 0 unspecified atom stereocenters. The number of hydrogen-bond donors (Lipinski definition) is 1. The summed E-state index contributed by atoms with van der Waals surface area (Å²) in [5.74, 6) is 2.09. The van der Waals surface area contributed by atoms with Gasteiger partial charge in [-0.15, -0.1) is 0 Å². The first-order chi connectivity index (χ1) is 11.7. The first kappa shape index (κ1) is 15.6. The van der Waals surface area contributed by atoms with Gasteiger partial charge in [-0.1, -0.05) is 12.1 Å². The lowest BCUT2D eigenvalue weighted by atomic mass is 9.97. The number of piperidine rings is 1. The van der Waals surface area contributed by atoms with Crippen LogP contribution in [0.2, 0.25) is 0 Å². The van der Waals surface area contributed by atoms with E-state index in [-0.39, 0.29) is 17.9 Å². The molecule has 5 heteroatoms. The predicted molar refractivity (Wildman–Crippen MR) is 92.8 cm³/mol. The highest BCUT2D eigenvalue weighted by Gasteiger charge is 2.30. The number of likely N-dealkylation sites (tertiary alicyclic amines) is 1. The van der Waals surface area contributed by atoms with Gasteiger partial charge in [-0.2, -0.15) is 0 Å². The second-order valence-corrected chi connectivity index (χ2v) is 7.18. The molecule has 0 spiro atoms. The van der Waals surface area contributed by atoms with E-state index in [4.69, 9.17) is 9.72 Å². The van der Waals surface area contributed by atoms with Gasteiger partial charge in [-0.05, 0) is 50.7 Å². The van der Waals surface area contributed by atoms with Crippen molar-refractivity contribution in [3.63, 3.8) is 0 Å². The van der Waals surface area contributed by atoms with Crippen molar-refractivity contribution < 1.29 is 9.53 Å². The molecule has 2 fully saturated rings. The largest absolute Gasteiger partial charge is 0.368 e. The fourth-order valence-electron chi connectivity index (χ4n) is 3.46. The molecular formula is C19H25N3O2. The first-order valence-electron chi connectivity index (χ1n) is 9.06. The summed E-state index contributed by atoms with van der Waals surface area (Å²) in [6, 6.07) is 8.09. The number of hydrogen-bond acceptors (Lipinski definition) is 3. The molecule has 1 aromatic heterocycles. The molecule has 128 valence electrons. The molecule has 1 saturated carbocycles. The zero-order valence-corrected chi connectivity index (χ0v) is 14.2. The normalized spacial score (nSPS) is 22.7. The second-order valence-electron chi connectivity index (χ2n) is 7.18. The molecule has 2 heterocycles. The molecule has 2 atom stereocenters. The number of ether oxygens (including phenoxy) is 1.